The standard InChI is InChI=1S/C18H27N3O3/c1-14-3-2-9-21(10-8-14)12-18(23)20-11-15-4-6-16(7-5-15)24-13-17(19)22/h4-7,14H,2-3,8-13H2,1H3,(H2,19,22)(H,20,23). The van der Waals surface area contributed by atoms with Gasteiger partial charge >= 0.3 is 0 Å². The summed E-state index contributed by atoms with van der Waals surface area (Å²) in [7, 11) is 0. The van der Waals surface area contributed by atoms with Crippen LogP contribution >= 0.6 is 0 Å². The van der Waals surface area contributed by atoms with Crippen LogP contribution in [0.5, 0.6) is 5.75 Å². The van der Waals surface area contributed by atoms with Crippen LogP contribution in [0, 0.1) is 5.92 Å². The molecule has 1 aliphatic heterocycles. The number of ether oxygens (including phenoxy) is 1. The summed E-state index contributed by atoms with van der Waals surface area (Å²) in [6, 6.07) is 7.26. The lowest BCUT2D eigenvalue weighted by Crippen LogP contribution is -2.37. The number of carbonyl (C=O) groups excluding carboxylic acids is 2. The average molecular weight is 333 g/mol. The van der Waals surface area contributed by atoms with E-state index in [1.807, 2.05) is 12.1 Å². The Kier molecular flexibility index (Phi) is 7.06. The van der Waals surface area contributed by atoms with Gasteiger partial charge in [-0.3, -0.25) is 14.5 Å². The molecule has 1 saturated heterocycles. The Balaban J connectivity index is 1.72. The highest BCUT2D eigenvalue weighted by atomic mass is 16.5. The van der Waals surface area contributed by atoms with Crippen molar-refractivity contribution in [3.05, 3.63) is 29.8 Å². The lowest BCUT2D eigenvalue weighted by Gasteiger charge is -2.19. The molecule has 6 nitrogen and oxygen atoms in total. The molecule has 0 radical (unpaired) electrons. The maximum Gasteiger partial charge on any atom is 0.255 e. The highest BCUT2D eigenvalue weighted by molar-refractivity contribution is 5.78. The maximum atomic E-state index is 12.1. The number of rotatable bonds is 7. The zero-order chi connectivity index (χ0) is 17.4. The monoisotopic (exact) mass is 333 g/mol. The van der Waals surface area contributed by atoms with Crippen molar-refractivity contribution < 1.29 is 14.3 Å². The van der Waals surface area contributed by atoms with Gasteiger partial charge in [0.05, 0.1) is 6.54 Å². The molecular weight excluding hydrogens is 306 g/mol. The van der Waals surface area contributed by atoms with E-state index in [0.29, 0.717) is 18.8 Å². The maximum absolute atomic E-state index is 12.1. The van der Waals surface area contributed by atoms with Crippen LogP contribution in [0.3, 0.4) is 0 Å². The summed E-state index contributed by atoms with van der Waals surface area (Å²) in [5, 5.41) is 2.95. The third-order valence-electron chi connectivity index (χ3n) is 4.27. The van der Waals surface area contributed by atoms with E-state index >= 15 is 0 Å². The molecule has 3 N–H and O–H groups in total. The predicted molar refractivity (Wildman–Crippen MR) is 92.4 cm³/mol. The predicted octanol–water partition coefficient (Wildman–Crippen LogP) is 1.29. The van der Waals surface area contributed by atoms with Crippen molar-refractivity contribution in [2.75, 3.05) is 26.2 Å². The van der Waals surface area contributed by atoms with Crippen molar-refractivity contribution in [2.24, 2.45) is 11.7 Å². The summed E-state index contributed by atoms with van der Waals surface area (Å²) in [5.41, 5.74) is 6.02. The van der Waals surface area contributed by atoms with E-state index in [-0.39, 0.29) is 12.5 Å². The molecule has 2 rings (SSSR count). The zero-order valence-corrected chi connectivity index (χ0v) is 14.3. The fraction of sp³-hybridized carbons (Fsp3) is 0.556. The van der Waals surface area contributed by atoms with Gasteiger partial charge in [0.25, 0.3) is 5.91 Å². The number of primary amides is 1. The summed E-state index contributed by atoms with van der Waals surface area (Å²) in [4.78, 5) is 25.0. The van der Waals surface area contributed by atoms with Crippen molar-refractivity contribution in [1.29, 1.82) is 0 Å². The van der Waals surface area contributed by atoms with Crippen LogP contribution in [0.25, 0.3) is 0 Å². The molecule has 0 saturated carbocycles. The van der Waals surface area contributed by atoms with Gasteiger partial charge in [0.15, 0.2) is 6.61 Å². The second-order valence-corrected chi connectivity index (χ2v) is 6.49. The van der Waals surface area contributed by atoms with Crippen LogP contribution in [0.15, 0.2) is 24.3 Å². The van der Waals surface area contributed by atoms with Gasteiger partial charge in [-0.05, 0) is 56.0 Å². The lowest BCUT2D eigenvalue weighted by atomic mass is 10.0. The fourth-order valence-corrected chi connectivity index (χ4v) is 2.80. The van der Waals surface area contributed by atoms with E-state index < -0.39 is 5.91 Å². The minimum atomic E-state index is -0.505. The largest absolute Gasteiger partial charge is 0.484 e. The summed E-state index contributed by atoms with van der Waals surface area (Å²) in [5.74, 6) is 0.892. The van der Waals surface area contributed by atoms with Crippen LogP contribution in [-0.4, -0.2) is 43.0 Å². The molecule has 1 fully saturated rings. The second kappa shape index (κ2) is 9.27. The van der Waals surface area contributed by atoms with Crippen molar-refractivity contribution in [3.8, 4) is 5.75 Å². The smallest absolute Gasteiger partial charge is 0.255 e. The first-order valence-corrected chi connectivity index (χ1v) is 8.52. The van der Waals surface area contributed by atoms with E-state index in [9.17, 15) is 9.59 Å². The molecule has 24 heavy (non-hydrogen) atoms. The van der Waals surface area contributed by atoms with Gasteiger partial charge < -0.3 is 15.8 Å². The molecular formula is C18H27N3O3. The molecule has 6 heteroatoms. The molecule has 1 aliphatic rings. The SMILES string of the molecule is CC1CCCN(CC(=O)NCc2ccc(OCC(N)=O)cc2)CC1. The van der Waals surface area contributed by atoms with Gasteiger partial charge in [-0.15, -0.1) is 0 Å². The topological polar surface area (TPSA) is 84.7 Å². The number of hydrogen-bond acceptors (Lipinski definition) is 4. The van der Waals surface area contributed by atoms with E-state index in [0.717, 1.165) is 24.6 Å². The average Bonchev–Trinajstić information content (AvgIpc) is 2.76. The van der Waals surface area contributed by atoms with E-state index in [4.69, 9.17) is 10.5 Å². The van der Waals surface area contributed by atoms with Crippen molar-refractivity contribution in [1.82, 2.24) is 10.2 Å². The van der Waals surface area contributed by atoms with E-state index in [2.05, 4.69) is 17.1 Å². The van der Waals surface area contributed by atoms with Crippen LogP contribution < -0.4 is 15.8 Å². The number of nitrogens with zero attached hydrogens (tertiary/aromatic N) is 1. The third-order valence-corrected chi connectivity index (χ3v) is 4.27. The van der Waals surface area contributed by atoms with Gasteiger partial charge in [0.2, 0.25) is 5.91 Å². The lowest BCUT2D eigenvalue weighted by molar-refractivity contribution is -0.122. The van der Waals surface area contributed by atoms with Gasteiger partial charge in [0, 0.05) is 6.54 Å². The van der Waals surface area contributed by atoms with Gasteiger partial charge in [-0.25, -0.2) is 0 Å². The normalized spacial score (nSPS) is 18.6. The minimum Gasteiger partial charge on any atom is -0.484 e. The quantitative estimate of drug-likeness (QED) is 0.787. The number of carbonyl (C=O) groups is 2. The van der Waals surface area contributed by atoms with Gasteiger partial charge in [0.1, 0.15) is 5.75 Å². The number of likely N-dealkylation sites (tertiary alicyclic amines) is 1. The highest BCUT2D eigenvalue weighted by Crippen LogP contribution is 2.16. The second-order valence-electron chi connectivity index (χ2n) is 6.49. The first-order chi connectivity index (χ1) is 11.5. The zero-order valence-electron chi connectivity index (χ0n) is 14.3. The summed E-state index contributed by atoms with van der Waals surface area (Å²) in [6.45, 7) is 5.10. The molecule has 0 aliphatic carbocycles. The highest BCUT2D eigenvalue weighted by Gasteiger charge is 2.16. The van der Waals surface area contributed by atoms with Gasteiger partial charge in [-0.2, -0.15) is 0 Å². The van der Waals surface area contributed by atoms with Crippen molar-refractivity contribution in [2.45, 2.75) is 32.7 Å². The van der Waals surface area contributed by atoms with Crippen LogP contribution in [0.2, 0.25) is 0 Å². The Labute approximate surface area is 143 Å². The molecule has 0 bridgehead atoms. The summed E-state index contributed by atoms with van der Waals surface area (Å²) < 4.78 is 5.20. The molecule has 2 amide bonds. The molecule has 1 unspecified atom stereocenters. The summed E-state index contributed by atoms with van der Waals surface area (Å²) >= 11 is 0. The Morgan fingerprint density at radius 3 is 2.71 bits per heavy atom. The van der Waals surface area contributed by atoms with Crippen LogP contribution in [0.1, 0.15) is 31.7 Å². The number of nitrogens with two attached hydrogens (primary N) is 1. The Hall–Kier alpha value is -2.08. The number of hydrogen-bond donors (Lipinski definition) is 2. The molecule has 1 atom stereocenters. The Bertz CT molecular complexity index is 545. The molecule has 1 aromatic rings. The summed E-state index contributed by atoms with van der Waals surface area (Å²) in [6.07, 6.45) is 3.59. The third kappa shape index (κ3) is 6.58. The number of amides is 2. The molecule has 1 aromatic carbocycles. The fourth-order valence-electron chi connectivity index (χ4n) is 2.80. The van der Waals surface area contributed by atoms with Crippen LogP contribution in [-0.2, 0) is 16.1 Å². The minimum absolute atomic E-state index is 0.0543. The molecule has 132 valence electrons. The van der Waals surface area contributed by atoms with Crippen molar-refractivity contribution in [3.63, 3.8) is 0 Å². The van der Waals surface area contributed by atoms with Crippen molar-refractivity contribution >= 4 is 11.8 Å². The van der Waals surface area contributed by atoms with Crippen LogP contribution in [0.4, 0.5) is 0 Å². The number of nitrogens with one attached hydrogen (secondary N) is 1. The Morgan fingerprint density at radius 2 is 2.00 bits per heavy atom. The number of benzene rings is 1. The van der Waals surface area contributed by atoms with Gasteiger partial charge in [-0.1, -0.05) is 19.1 Å². The Morgan fingerprint density at radius 1 is 1.25 bits per heavy atom. The van der Waals surface area contributed by atoms with E-state index in [1.54, 1.807) is 12.1 Å². The molecule has 1 heterocycles. The molecule has 0 aromatic heterocycles. The van der Waals surface area contributed by atoms with E-state index in [1.165, 1.54) is 19.3 Å². The first kappa shape index (κ1) is 18.3. The first-order valence-electron chi connectivity index (χ1n) is 8.52. The molecule has 0 spiro atoms.